The third kappa shape index (κ3) is 4.34. The second-order valence-electron chi connectivity index (χ2n) is 6.40. The van der Waals surface area contributed by atoms with Crippen LogP contribution in [-0.4, -0.2) is 55.6 Å². The van der Waals surface area contributed by atoms with E-state index in [1.807, 2.05) is 12.1 Å². The molecule has 0 radical (unpaired) electrons. The smallest absolute Gasteiger partial charge is 0.203 e. The molecule has 1 atom stereocenters. The van der Waals surface area contributed by atoms with Gasteiger partial charge in [0.25, 0.3) is 0 Å². The molecule has 0 saturated carbocycles. The van der Waals surface area contributed by atoms with Crippen molar-refractivity contribution < 1.29 is 24.1 Å². The molecule has 7 nitrogen and oxygen atoms in total. The number of nitrogens with zero attached hydrogens (tertiary/aromatic N) is 2. The molecule has 0 aliphatic heterocycles. The van der Waals surface area contributed by atoms with Crippen LogP contribution in [0.1, 0.15) is 24.1 Å². The van der Waals surface area contributed by atoms with Crippen molar-refractivity contribution in [1.82, 2.24) is 9.97 Å². The molecular formula is C20H26N2O5S. The molecule has 1 heterocycles. The quantitative estimate of drug-likeness (QED) is 0.407. The standard InChI is InChI=1S/C20H26N2O5S/c1-24-15-9-12(10-16(25-2)19(15)27-4)18-13-7-5-6-8-14(13)21-20(22-18)28-11-17(23)26-3/h9-10,17,23H,5-8,11H2,1-4H3. The molecule has 0 fully saturated rings. The minimum atomic E-state index is -0.853. The predicted octanol–water partition coefficient (Wildman–Crippen LogP) is 3.11. The van der Waals surface area contributed by atoms with Crippen LogP contribution < -0.4 is 14.2 Å². The number of benzene rings is 1. The molecular weight excluding hydrogens is 380 g/mol. The van der Waals surface area contributed by atoms with Crippen molar-refractivity contribution in [2.45, 2.75) is 37.1 Å². The van der Waals surface area contributed by atoms with E-state index in [0.29, 0.717) is 28.2 Å². The fourth-order valence-electron chi connectivity index (χ4n) is 3.31. The van der Waals surface area contributed by atoms with Crippen molar-refractivity contribution in [2.75, 3.05) is 34.2 Å². The number of thioether (sulfide) groups is 1. The van der Waals surface area contributed by atoms with Gasteiger partial charge in [0.1, 0.15) is 0 Å². The summed E-state index contributed by atoms with van der Waals surface area (Å²) in [6.45, 7) is 0. The number of fused-ring (bicyclic) bond motifs is 1. The van der Waals surface area contributed by atoms with E-state index in [2.05, 4.69) is 0 Å². The lowest BCUT2D eigenvalue weighted by molar-refractivity contribution is -0.0546. The highest BCUT2D eigenvalue weighted by atomic mass is 32.2. The lowest BCUT2D eigenvalue weighted by Gasteiger charge is -2.20. The molecule has 2 aromatic rings. The molecule has 0 spiro atoms. The van der Waals surface area contributed by atoms with E-state index in [1.165, 1.54) is 18.9 Å². The van der Waals surface area contributed by atoms with Gasteiger partial charge in [0.2, 0.25) is 5.75 Å². The number of methoxy groups -OCH3 is 4. The molecule has 1 unspecified atom stereocenters. The number of hydrogen-bond acceptors (Lipinski definition) is 8. The highest BCUT2D eigenvalue weighted by Crippen LogP contribution is 2.42. The monoisotopic (exact) mass is 406 g/mol. The summed E-state index contributed by atoms with van der Waals surface area (Å²) in [5.74, 6) is 2.09. The van der Waals surface area contributed by atoms with Crippen LogP contribution in [0.15, 0.2) is 17.3 Å². The molecule has 1 aliphatic carbocycles. The van der Waals surface area contributed by atoms with Gasteiger partial charge in [0.15, 0.2) is 22.9 Å². The van der Waals surface area contributed by atoms with Gasteiger partial charge in [-0.2, -0.15) is 0 Å². The first kappa shape index (κ1) is 20.7. The number of aryl methyl sites for hydroxylation is 1. The van der Waals surface area contributed by atoms with Crippen molar-refractivity contribution in [3.05, 3.63) is 23.4 Å². The average Bonchev–Trinajstić information content (AvgIpc) is 2.75. The minimum absolute atomic E-state index is 0.365. The van der Waals surface area contributed by atoms with Crippen LogP contribution in [0.4, 0.5) is 0 Å². The number of ether oxygens (including phenoxy) is 4. The highest BCUT2D eigenvalue weighted by molar-refractivity contribution is 7.99. The SMILES string of the molecule is COc1cc(-c2nc(SCC(O)OC)nc3c2CCCC3)cc(OC)c1OC. The Hall–Kier alpha value is -2.03. The van der Waals surface area contributed by atoms with Crippen LogP contribution in [-0.2, 0) is 17.6 Å². The first-order valence-corrected chi connectivity index (χ1v) is 10.1. The van der Waals surface area contributed by atoms with E-state index in [9.17, 15) is 5.11 Å². The number of aromatic nitrogens is 2. The van der Waals surface area contributed by atoms with Gasteiger partial charge in [-0.25, -0.2) is 9.97 Å². The van der Waals surface area contributed by atoms with E-state index in [4.69, 9.17) is 28.9 Å². The maximum atomic E-state index is 9.69. The van der Waals surface area contributed by atoms with Gasteiger partial charge in [-0.05, 0) is 37.8 Å². The second kappa shape index (κ2) is 9.45. The zero-order valence-electron chi connectivity index (χ0n) is 16.7. The van der Waals surface area contributed by atoms with Gasteiger partial charge in [-0.15, -0.1) is 0 Å². The summed E-state index contributed by atoms with van der Waals surface area (Å²) in [5.41, 5.74) is 4.00. The van der Waals surface area contributed by atoms with Gasteiger partial charge < -0.3 is 24.1 Å². The van der Waals surface area contributed by atoms with Gasteiger partial charge in [0, 0.05) is 23.9 Å². The average molecular weight is 407 g/mol. The molecule has 1 aromatic heterocycles. The topological polar surface area (TPSA) is 82.9 Å². The van der Waals surface area contributed by atoms with Crippen LogP contribution in [0.5, 0.6) is 17.2 Å². The van der Waals surface area contributed by atoms with Crippen molar-refractivity contribution in [1.29, 1.82) is 0 Å². The lowest BCUT2D eigenvalue weighted by atomic mass is 9.92. The number of aliphatic hydroxyl groups is 1. The molecule has 1 N–H and O–H groups in total. The Morgan fingerprint density at radius 1 is 1.00 bits per heavy atom. The molecule has 0 saturated heterocycles. The summed E-state index contributed by atoms with van der Waals surface area (Å²) in [5, 5.41) is 10.3. The molecule has 8 heteroatoms. The largest absolute Gasteiger partial charge is 0.493 e. The van der Waals surface area contributed by atoms with Crippen LogP contribution in [0.3, 0.4) is 0 Å². The van der Waals surface area contributed by atoms with Crippen LogP contribution in [0.25, 0.3) is 11.3 Å². The predicted molar refractivity (Wildman–Crippen MR) is 108 cm³/mol. The van der Waals surface area contributed by atoms with Gasteiger partial charge in [0.05, 0.1) is 32.8 Å². The van der Waals surface area contributed by atoms with Crippen LogP contribution in [0, 0.1) is 0 Å². The Labute approximate surface area is 169 Å². The minimum Gasteiger partial charge on any atom is -0.493 e. The number of aliphatic hydroxyl groups excluding tert-OH is 1. The summed E-state index contributed by atoms with van der Waals surface area (Å²) >= 11 is 1.38. The number of rotatable bonds is 8. The Balaban J connectivity index is 2.09. The van der Waals surface area contributed by atoms with Crippen molar-refractivity contribution in [3.8, 4) is 28.5 Å². The van der Waals surface area contributed by atoms with Gasteiger partial charge in [-0.1, -0.05) is 11.8 Å². The Morgan fingerprint density at radius 2 is 1.68 bits per heavy atom. The summed E-state index contributed by atoms with van der Waals surface area (Å²) in [6, 6.07) is 3.83. The summed E-state index contributed by atoms with van der Waals surface area (Å²) in [7, 11) is 6.26. The maximum Gasteiger partial charge on any atom is 0.203 e. The number of hydrogen-bond donors (Lipinski definition) is 1. The summed E-state index contributed by atoms with van der Waals surface area (Å²) in [6.07, 6.45) is 3.24. The van der Waals surface area contributed by atoms with Crippen LogP contribution in [0.2, 0.25) is 0 Å². The third-order valence-electron chi connectivity index (χ3n) is 4.73. The summed E-state index contributed by atoms with van der Waals surface area (Å²) < 4.78 is 21.4. The molecule has 28 heavy (non-hydrogen) atoms. The first-order chi connectivity index (χ1) is 13.6. The molecule has 0 amide bonds. The molecule has 1 aliphatic rings. The van der Waals surface area contributed by atoms with Crippen molar-refractivity contribution >= 4 is 11.8 Å². The van der Waals surface area contributed by atoms with Gasteiger partial charge in [-0.3, -0.25) is 0 Å². The molecule has 3 rings (SSSR count). The normalized spacial score (nSPS) is 14.3. The highest BCUT2D eigenvalue weighted by Gasteiger charge is 2.22. The van der Waals surface area contributed by atoms with E-state index in [1.54, 1.807) is 21.3 Å². The van der Waals surface area contributed by atoms with Crippen LogP contribution >= 0.6 is 11.8 Å². The van der Waals surface area contributed by atoms with Crippen molar-refractivity contribution in [2.24, 2.45) is 0 Å². The Kier molecular flexibility index (Phi) is 6.98. The zero-order chi connectivity index (χ0) is 20.1. The van der Waals surface area contributed by atoms with E-state index >= 15 is 0 Å². The van der Waals surface area contributed by atoms with E-state index < -0.39 is 6.29 Å². The molecule has 1 aromatic carbocycles. The lowest BCUT2D eigenvalue weighted by Crippen LogP contribution is -2.14. The Morgan fingerprint density at radius 3 is 2.29 bits per heavy atom. The van der Waals surface area contributed by atoms with E-state index in [0.717, 1.165) is 48.2 Å². The second-order valence-corrected chi connectivity index (χ2v) is 7.39. The Bertz CT molecular complexity index is 805. The van der Waals surface area contributed by atoms with E-state index in [-0.39, 0.29) is 0 Å². The maximum absolute atomic E-state index is 9.69. The van der Waals surface area contributed by atoms with Crippen molar-refractivity contribution in [3.63, 3.8) is 0 Å². The fourth-order valence-corrected chi connectivity index (χ4v) is 4.06. The van der Waals surface area contributed by atoms with Gasteiger partial charge >= 0.3 is 0 Å². The molecule has 152 valence electrons. The third-order valence-corrected chi connectivity index (χ3v) is 5.62. The summed E-state index contributed by atoms with van der Waals surface area (Å²) in [4.78, 5) is 9.52. The molecule has 0 bridgehead atoms. The zero-order valence-corrected chi connectivity index (χ0v) is 17.5. The first-order valence-electron chi connectivity index (χ1n) is 9.15. The fraction of sp³-hybridized carbons (Fsp3) is 0.500.